The van der Waals surface area contributed by atoms with Gasteiger partial charge in [-0.25, -0.2) is 0 Å². The summed E-state index contributed by atoms with van der Waals surface area (Å²) < 4.78 is 7.45. The smallest absolute Gasteiger partial charge is 0.0630 e. The number of hydrogen-bond donors (Lipinski definition) is 0. The van der Waals surface area contributed by atoms with E-state index in [0.29, 0.717) is 6.04 Å². The summed E-state index contributed by atoms with van der Waals surface area (Å²) in [4.78, 5) is 2.45. The van der Waals surface area contributed by atoms with Crippen molar-refractivity contribution in [1.29, 1.82) is 0 Å². The number of ether oxygens (including phenoxy) is 1. The molecule has 2 rings (SSSR count). The fraction of sp³-hybridized carbons (Fsp3) is 0.727. The highest BCUT2D eigenvalue weighted by Gasteiger charge is 2.22. The second-order valence-corrected chi connectivity index (χ2v) is 4.90. The van der Waals surface area contributed by atoms with Gasteiger partial charge in [-0.15, -0.1) is 0 Å². The molecule has 1 aromatic rings. The molecule has 0 radical (unpaired) electrons. The Morgan fingerprint density at radius 1 is 1.62 bits per heavy atom. The highest BCUT2D eigenvalue weighted by atomic mass is 79.9. The summed E-state index contributed by atoms with van der Waals surface area (Å²) in [7, 11) is 2.01. The molecule has 90 valence electrons. The van der Waals surface area contributed by atoms with Crippen LogP contribution in [0.3, 0.4) is 0 Å². The van der Waals surface area contributed by atoms with Gasteiger partial charge < -0.3 is 4.74 Å². The lowest BCUT2D eigenvalue weighted by atomic mass is 10.2. The molecule has 0 saturated carbocycles. The van der Waals surface area contributed by atoms with Crippen molar-refractivity contribution in [1.82, 2.24) is 14.7 Å². The van der Waals surface area contributed by atoms with Crippen LogP contribution < -0.4 is 0 Å². The van der Waals surface area contributed by atoms with E-state index in [4.69, 9.17) is 4.74 Å². The summed E-state index contributed by atoms with van der Waals surface area (Å²) in [5.74, 6) is 0. The molecule has 0 spiro atoms. The van der Waals surface area contributed by atoms with Crippen LogP contribution in [-0.4, -0.2) is 45.8 Å². The summed E-state index contributed by atoms with van der Waals surface area (Å²) in [5.41, 5.74) is 2.35. The molecule has 0 amide bonds. The number of alkyl halides is 1. The molecule has 1 saturated heterocycles. The van der Waals surface area contributed by atoms with E-state index in [-0.39, 0.29) is 0 Å². The van der Waals surface area contributed by atoms with Gasteiger partial charge in [-0.05, 0) is 13.0 Å². The minimum Gasteiger partial charge on any atom is -0.378 e. The molecule has 0 aromatic carbocycles. The summed E-state index contributed by atoms with van der Waals surface area (Å²) in [5, 5.41) is 5.34. The lowest BCUT2D eigenvalue weighted by Crippen LogP contribution is -2.46. The van der Waals surface area contributed by atoms with Gasteiger partial charge in [0.2, 0.25) is 0 Å². The van der Waals surface area contributed by atoms with Gasteiger partial charge in [0, 0.05) is 31.5 Å². The third-order valence-corrected chi connectivity index (χ3v) is 3.74. The summed E-state index contributed by atoms with van der Waals surface area (Å²) in [6, 6.07) is 2.63. The van der Waals surface area contributed by atoms with Crippen molar-refractivity contribution in [2.45, 2.75) is 19.5 Å². The molecule has 0 aliphatic carbocycles. The van der Waals surface area contributed by atoms with E-state index in [1.165, 1.54) is 5.69 Å². The lowest BCUT2D eigenvalue weighted by molar-refractivity contribution is -0.00313. The number of nitrogens with zero attached hydrogens (tertiary/aromatic N) is 3. The summed E-state index contributed by atoms with van der Waals surface area (Å²) in [6.45, 7) is 5.64. The Morgan fingerprint density at radius 3 is 3.06 bits per heavy atom. The van der Waals surface area contributed by atoms with Gasteiger partial charge in [-0.3, -0.25) is 9.58 Å². The lowest BCUT2D eigenvalue weighted by Gasteiger charge is -2.34. The Labute approximate surface area is 105 Å². The topological polar surface area (TPSA) is 30.3 Å². The van der Waals surface area contributed by atoms with E-state index in [0.717, 1.165) is 37.3 Å². The van der Waals surface area contributed by atoms with Gasteiger partial charge in [-0.2, -0.15) is 5.10 Å². The number of rotatable bonds is 3. The van der Waals surface area contributed by atoms with Gasteiger partial charge in [0.1, 0.15) is 0 Å². The summed E-state index contributed by atoms with van der Waals surface area (Å²) >= 11 is 3.54. The maximum absolute atomic E-state index is 5.48. The first-order chi connectivity index (χ1) is 7.70. The van der Waals surface area contributed by atoms with Crippen LogP contribution in [0, 0.1) is 6.92 Å². The number of hydrogen-bond acceptors (Lipinski definition) is 3. The molecule has 4 nitrogen and oxygen atoms in total. The molecule has 0 bridgehead atoms. The van der Waals surface area contributed by atoms with Crippen molar-refractivity contribution in [2.24, 2.45) is 7.05 Å². The van der Waals surface area contributed by atoms with Crippen molar-refractivity contribution in [3.8, 4) is 0 Å². The number of aromatic nitrogens is 2. The fourth-order valence-electron chi connectivity index (χ4n) is 2.06. The average molecular weight is 288 g/mol. The fourth-order valence-corrected chi connectivity index (χ4v) is 2.66. The molecule has 1 aliphatic heterocycles. The largest absolute Gasteiger partial charge is 0.378 e. The normalized spacial score (nSPS) is 22.6. The summed E-state index contributed by atoms with van der Waals surface area (Å²) in [6.07, 6.45) is 0. The van der Waals surface area contributed by atoms with Crippen LogP contribution in [0.15, 0.2) is 6.07 Å². The van der Waals surface area contributed by atoms with Gasteiger partial charge in [0.15, 0.2) is 0 Å². The van der Waals surface area contributed by atoms with E-state index in [2.05, 4.69) is 32.0 Å². The van der Waals surface area contributed by atoms with Crippen molar-refractivity contribution in [3.63, 3.8) is 0 Å². The van der Waals surface area contributed by atoms with Gasteiger partial charge in [-0.1, -0.05) is 15.9 Å². The second kappa shape index (κ2) is 5.29. The zero-order valence-corrected chi connectivity index (χ0v) is 11.4. The van der Waals surface area contributed by atoms with Crippen LogP contribution in [0.25, 0.3) is 0 Å². The third kappa shape index (κ3) is 2.64. The maximum Gasteiger partial charge on any atom is 0.0630 e. The second-order valence-electron chi connectivity index (χ2n) is 4.25. The number of aryl methyl sites for hydroxylation is 2. The molecule has 2 heterocycles. The van der Waals surface area contributed by atoms with Crippen LogP contribution in [0.5, 0.6) is 0 Å². The average Bonchev–Trinajstić information content (AvgIpc) is 2.58. The SMILES string of the molecule is Cc1cc(CN2CCOCC2CBr)n(C)n1. The Balaban J connectivity index is 2.04. The van der Waals surface area contributed by atoms with Crippen LogP contribution >= 0.6 is 15.9 Å². The first-order valence-electron chi connectivity index (χ1n) is 5.58. The van der Waals surface area contributed by atoms with Crippen molar-refractivity contribution in [2.75, 3.05) is 25.1 Å². The zero-order valence-electron chi connectivity index (χ0n) is 9.82. The Hall–Kier alpha value is -0.390. The van der Waals surface area contributed by atoms with Gasteiger partial charge in [0.25, 0.3) is 0 Å². The minimum absolute atomic E-state index is 0.476. The van der Waals surface area contributed by atoms with Gasteiger partial charge >= 0.3 is 0 Å². The molecular weight excluding hydrogens is 270 g/mol. The predicted molar refractivity (Wildman–Crippen MR) is 66.8 cm³/mol. The van der Waals surface area contributed by atoms with E-state index in [9.17, 15) is 0 Å². The highest BCUT2D eigenvalue weighted by molar-refractivity contribution is 9.09. The van der Waals surface area contributed by atoms with E-state index >= 15 is 0 Å². The van der Waals surface area contributed by atoms with E-state index in [1.54, 1.807) is 0 Å². The first kappa shape index (κ1) is 12.1. The Kier molecular flexibility index (Phi) is 4.00. The quantitative estimate of drug-likeness (QED) is 0.786. The molecule has 1 unspecified atom stereocenters. The third-order valence-electron chi connectivity index (χ3n) is 2.99. The minimum atomic E-state index is 0.476. The monoisotopic (exact) mass is 287 g/mol. The van der Waals surface area contributed by atoms with Crippen molar-refractivity contribution < 1.29 is 4.74 Å². The predicted octanol–water partition coefficient (Wildman–Crippen LogP) is 1.32. The molecule has 16 heavy (non-hydrogen) atoms. The van der Waals surface area contributed by atoms with E-state index in [1.807, 2.05) is 18.7 Å². The van der Waals surface area contributed by atoms with Crippen LogP contribution in [0.4, 0.5) is 0 Å². The van der Waals surface area contributed by atoms with Crippen LogP contribution in [-0.2, 0) is 18.3 Å². The van der Waals surface area contributed by atoms with Gasteiger partial charge in [0.05, 0.1) is 24.6 Å². The zero-order chi connectivity index (χ0) is 11.5. The molecule has 0 N–H and O–H groups in total. The highest BCUT2D eigenvalue weighted by Crippen LogP contribution is 2.14. The molecular formula is C11H18BrN3O. The first-order valence-corrected chi connectivity index (χ1v) is 6.70. The van der Waals surface area contributed by atoms with E-state index < -0.39 is 0 Å². The number of morpholine rings is 1. The van der Waals surface area contributed by atoms with Crippen LogP contribution in [0.1, 0.15) is 11.4 Å². The molecule has 1 fully saturated rings. The number of halogens is 1. The molecule has 1 aromatic heterocycles. The molecule has 5 heteroatoms. The van der Waals surface area contributed by atoms with Crippen molar-refractivity contribution in [3.05, 3.63) is 17.5 Å². The molecule has 1 atom stereocenters. The Bertz CT molecular complexity index is 353. The Morgan fingerprint density at radius 2 is 2.44 bits per heavy atom. The van der Waals surface area contributed by atoms with Crippen LogP contribution in [0.2, 0.25) is 0 Å². The standard InChI is InChI=1S/C11H18BrN3O/c1-9-5-10(14(2)13-9)7-15-3-4-16-8-11(15)6-12/h5,11H,3-4,6-8H2,1-2H3. The molecule has 1 aliphatic rings. The van der Waals surface area contributed by atoms with Crippen molar-refractivity contribution >= 4 is 15.9 Å². The maximum atomic E-state index is 5.48.